The third-order valence-electron chi connectivity index (χ3n) is 1.09. The molecule has 1 nitrogen and oxygen atoms in total. The fourth-order valence-corrected chi connectivity index (χ4v) is 0.923. The number of rotatable bonds is 2. The van der Waals surface area contributed by atoms with Gasteiger partial charge in [0.25, 0.3) is 0 Å². The second-order valence-corrected chi connectivity index (χ2v) is 7.04. The molecule has 0 amide bonds. The first-order chi connectivity index (χ1) is 4.48. The quantitative estimate of drug-likeness (QED) is 0.566. The van der Waals surface area contributed by atoms with E-state index in [1.165, 1.54) is 0 Å². The first-order valence-electron chi connectivity index (χ1n) is 3.37. The molecular weight excluding hydrogens is 144 g/mol. The molecule has 60 valence electrons. The molecule has 0 bridgehead atoms. The van der Waals surface area contributed by atoms with E-state index in [1.807, 2.05) is 31.8 Å². The third-order valence-corrected chi connectivity index (χ3v) is 2.44. The van der Waals surface area contributed by atoms with E-state index in [9.17, 15) is 4.79 Å². The van der Waals surface area contributed by atoms with Crippen molar-refractivity contribution in [2.75, 3.05) is 18.8 Å². The van der Waals surface area contributed by atoms with E-state index in [0.717, 1.165) is 6.42 Å². The Balaban J connectivity index is 3.98. The molecule has 0 aromatic rings. The van der Waals surface area contributed by atoms with Crippen LogP contribution in [0.2, 0.25) is 0 Å². The van der Waals surface area contributed by atoms with Gasteiger partial charge < -0.3 is 0 Å². The van der Waals surface area contributed by atoms with Gasteiger partial charge in [-0.3, -0.25) is 4.79 Å². The average molecular weight is 160 g/mol. The van der Waals surface area contributed by atoms with Crippen LogP contribution in [0.5, 0.6) is 0 Å². The smallest absolute Gasteiger partial charge is 0.194 e. The molecule has 0 aromatic carbocycles. The molecule has 0 N–H and O–H groups in total. The summed E-state index contributed by atoms with van der Waals surface area (Å²) in [6.07, 6.45) is 10.6. The van der Waals surface area contributed by atoms with Crippen molar-refractivity contribution in [1.82, 2.24) is 0 Å². The lowest BCUT2D eigenvalue weighted by atomic mass is 10.4. The van der Waals surface area contributed by atoms with Crippen LogP contribution in [-0.2, 0) is 4.79 Å². The standard InChI is InChI=1S/C8H16OS/c1-5-6-7-8(9)10(2,3)4/h6-7H,5H2,1-4H3. The number of hydrogen-bond acceptors (Lipinski definition) is 1. The maximum atomic E-state index is 11.2. The number of carbonyl (C=O) groups is 1. The minimum absolute atomic E-state index is 0.286. The van der Waals surface area contributed by atoms with Crippen LogP contribution in [0.4, 0.5) is 0 Å². The van der Waals surface area contributed by atoms with Crippen LogP contribution in [0, 0.1) is 0 Å². The van der Waals surface area contributed by atoms with Gasteiger partial charge in [0.05, 0.1) is 0 Å². The van der Waals surface area contributed by atoms with Gasteiger partial charge in [-0.1, -0.05) is 13.0 Å². The highest BCUT2D eigenvalue weighted by Gasteiger charge is 2.10. The molecule has 2 heteroatoms. The predicted octanol–water partition coefficient (Wildman–Crippen LogP) is 2.17. The Morgan fingerprint density at radius 2 is 1.90 bits per heavy atom. The van der Waals surface area contributed by atoms with Gasteiger partial charge in [-0.05, 0) is 31.3 Å². The Bertz CT molecular complexity index is 142. The van der Waals surface area contributed by atoms with Gasteiger partial charge in [0, 0.05) is 0 Å². The molecule has 0 aliphatic carbocycles. The molecule has 0 rings (SSSR count). The molecule has 0 spiro atoms. The predicted molar refractivity (Wildman–Crippen MR) is 49.8 cm³/mol. The van der Waals surface area contributed by atoms with Gasteiger partial charge in [-0.2, -0.15) is 10.0 Å². The summed E-state index contributed by atoms with van der Waals surface area (Å²) in [6, 6.07) is 0. The second-order valence-electron chi connectivity index (χ2n) is 2.97. The first kappa shape index (κ1) is 9.76. The van der Waals surface area contributed by atoms with E-state index < -0.39 is 10.0 Å². The van der Waals surface area contributed by atoms with Crippen molar-refractivity contribution in [2.24, 2.45) is 0 Å². The summed E-state index contributed by atoms with van der Waals surface area (Å²) in [5.41, 5.74) is 0. The van der Waals surface area contributed by atoms with Crippen molar-refractivity contribution in [2.45, 2.75) is 13.3 Å². The van der Waals surface area contributed by atoms with Gasteiger partial charge in [-0.15, -0.1) is 0 Å². The van der Waals surface area contributed by atoms with Gasteiger partial charge in [0.2, 0.25) is 0 Å². The molecular formula is C8H16OS. The zero-order valence-corrected chi connectivity index (χ0v) is 7.99. The van der Waals surface area contributed by atoms with Crippen LogP contribution >= 0.6 is 10.0 Å². The van der Waals surface area contributed by atoms with Crippen molar-refractivity contribution in [3.05, 3.63) is 12.2 Å². The molecule has 0 saturated carbocycles. The Hall–Kier alpha value is -0.240. The summed E-state index contributed by atoms with van der Waals surface area (Å²) in [4.78, 5) is 11.2. The van der Waals surface area contributed by atoms with Crippen molar-refractivity contribution in [3.8, 4) is 0 Å². The molecule has 0 fully saturated rings. The lowest BCUT2D eigenvalue weighted by Crippen LogP contribution is -2.03. The maximum absolute atomic E-state index is 11.2. The molecule has 10 heavy (non-hydrogen) atoms. The average Bonchev–Trinajstić information content (AvgIpc) is 1.80. The minimum atomic E-state index is -1.00. The molecule has 0 unspecified atom stereocenters. The molecule has 0 aliphatic rings. The highest BCUT2D eigenvalue weighted by Crippen LogP contribution is 2.35. The zero-order chi connectivity index (χ0) is 8.20. The van der Waals surface area contributed by atoms with Gasteiger partial charge in [-0.25, -0.2) is 0 Å². The minimum Gasteiger partial charge on any atom is -0.284 e. The fraction of sp³-hybridized carbons (Fsp3) is 0.625. The first-order valence-corrected chi connectivity index (χ1v) is 6.23. The molecule has 0 aromatic heterocycles. The number of carbonyl (C=O) groups excluding carboxylic acids is 1. The number of allylic oxidation sites excluding steroid dienone is 1. The normalized spacial score (nSPS) is 14.0. The van der Waals surface area contributed by atoms with E-state index in [2.05, 4.69) is 0 Å². The lowest BCUT2D eigenvalue weighted by molar-refractivity contribution is -0.107. The van der Waals surface area contributed by atoms with E-state index in [1.54, 1.807) is 6.08 Å². The van der Waals surface area contributed by atoms with Crippen molar-refractivity contribution >= 4 is 15.1 Å². The SMILES string of the molecule is CCC=CC(=O)S(C)(C)C. The molecule has 0 aliphatic heterocycles. The van der Waals surface area contributed by atoms with Crippen LogP contribution in [-0.4, -0.2) is 23.9 Å². The van der Waals surface area contributed by atoms with Crippen molar-refractivity contribution in [3.63, 3.8) is 0 Å². The van der Waals surface area contributed by atoms with Gasteiger partial charge >= 0.3 is 0 Å². The van der Waals surface area contributed by atoms with Crippen LogP contribution in [0.25, 0.3) is 0 Å². The molecule has 0 atom stereocenters. The third kappa shape index (κ3) is 3.72. The van der Waals surface area contributed by atoms with Crippen LogP contribution in [0.15, 0.2) is 12.2 Å². The maximum Gasteiger partial charge on any atom is 0.194 e. The van der Waals surface area contributed by atoms with Crippen molar-refractivity contribution < 1.29 is 4.79 Å². The zero-order valence-electron chi connectivity index (χ0n) is 7.18. The van der Waals surface area contributed by atoms with Gasteiger partial charge in [0.1, 0.15) is 0 Å². The molecule has 0 saturated heterocycles. The number of hydrogen-bond donors (Lipinski definition) is 0. The van der Waals surface area contributed by atoms with Crippen LogP contribution in [0.3, 0.4) is 0 Å². The Morgan fingerprint density at radius 1 is 1.40 bits per heavy atom. The van der Waals surface area contributed by atoms with E-state index in [0.29, 0.717) is 0 Å². The monoisotopic (exact) mass is 160 g/mol. The Kier molecular flexibility index (Phi) is 3.72. The summed E-state index contributed by atoms with van der Waals surface area (Å²) < 4.78 is 0. The Labute approximate surface area is 64.8 Å². The largest absolute Gasteiger partial charge is 0.284 e. The summed E-state index contributed by atoms with van der Waals surface area (Å²) in [7, 11) is -1.00. The van der Waals surface area contributed by atoms with E-state index >= 15 is 0 Å². The van der Waals surface area contributed by atoms with E-state index in [4.69, 9.17) is 0 Å². The molecule has 0 heterocycles. The summed E-state index contributed by atoms with van der Waals surface area (Å²) >= 11 is 0. The van der Waals surface area contributed by atoms with Crippen LogP contribution in [0.1, 0.15) is 13.3 Å². The van der Waals surface area contributed by atoms with E-state index in [-0.39, 0.29) is 5.12 Å². The highest BCUT2D eigenvalue weighted by atomic mass is 32.3. The summed E-state index contributed by atoms with van der Waals surface area (Å²) in [5, 5.41) is 0.286. The highest BCUT2D eigenvalue weighted by molar-refractivity contribution is 8.44. The van der Waals surface area contributed by atoms with Gasteiger partial charge in [0.15, 0.2) is 5.12 Å². The second kappa shape index (κ2) is 3.81. The summed E-state index contributed by atoms with van der Waals surface area (Å²) in [5.74, 6) is 0. The fourth-order valence-electron chi connectivity index (χ4n) is 0.418. The lowest BCUT2D eigenvalue weighted by Gasteiger charge is -2.20. The molecule has 0 radical (unpaired) electrons. The summed E-state index contributed by atoms with van der Waals surface area (Å²) in [6.45, 7) is 2.03. The Morgan fingerprint density at radius 3 is 2.20 bits per heavy atom. The topological polar surface area (TPSA) is 17.1 Å². The van der Waals surface area contributed by atoms with Crippen molar-refractivity contribution in [1.29, 1.82) is 0 Å². The van der Waals surface area contributed by atoms with Crippen LogP contribution < -0.4 is 0 Å².